The normalized spacial score (nSPS) is 21.7. The van der Waals surface area contributed by atoms with Gasteiger partial charge in [-0.15, -0.1) is 0 Å². The summed E-state index contributed by atoms with van der Waals surface area (Å²) in [6, 6.07) is 4.10. The molecule has 1 N–H and O–H groups in total. The van der Waals surface area contributed by atoms with Crippen LogP contribution in [0.4, 0.5) is 0 Å². The monoisotopic (exact) mass is 277 g/mol. The molecule has 0 unspecified atom stereocenters. The van der Waals surface area contributed by atoms with Crippen molar-refractivity contribution < 1.29 is 19.0 Å². The summed E-state index contributed by atoms with van der Waals surface area (Å²) in [6.07, 6.45) is 4.36. The Kier molecular flexibility index (Phi) is 3.53. The number of methoxy groups -OCH3 is 2. The van der Waals surface area contributed by atoms with Crippen LogP contribution in [0.3, 0.4) is 0 Å². The molecule has 1 heterocycles. The van der Waals surface area contributed by atoms with Crippen LogP contribution in [0, 0.1) is 0 Å². The number of hydrogen-bond acceptors (Lipinski definition) is 5. The van der Waals surface area contributed by atoms with E-state index in [9.17, 15) is 4.79 Å². The lowest BCUT2D eigenvalue weighted by atomic mass is 10.1. The summed E-state index contributed by atoms with van der Waals surface area (Å²) in [5.41, 5.74) is 1.31. The minimum Gasteiger partial charge on any atom is -0.493 e. The predicted octanol–water partition coefficient (Wildman–Crippen LogP) is 2.41. The minimum atomic E-state index is -0.375. The van der Waals surface area contributed by atoms with Gasteiger partial charge in [0.25, 0.3) is 0 Å². The van der Waals surface area contributed by atoms with Crippen molar-refractivity contribution in [2.24, 2.45) is 0 Å². The smallest absolute Gasteiger partial charge is 0.344 e. The number of benzene rings is 1. The van der Waals surface area contributed by atoms with Crippen molar-refractivity contribution in [3.63, 3.8) is 0 Å². The Hall–Kier alpha value is -1.75. The van der Waals surface area contributed by atoms with Crippen molar-refractivity contribution in [3.05, 3.63) is 23.3 Å². The number of esters is 1. The molecule has 1 atom stereocenters. The van der Waals surface area contributed by atoms with Gasteiger partial charge in [-0.2, -0.15) is 0 Å². The van der Waals surface area contributed by atoms with E-state index in [1.165, 1.54) is 20.0 Å². The summed E-state index contributed by atoms with van der Waals surface area (Å²) in [4.78, 5) is 12.1. The highest BCUT2D eigenvalue weighted by Gasteiger charge is 2.37. The van der Waals surface area contributed by atoms with E-state index < -0.39 is 0 Å². The summed E-state index contributed by atoms with van der Waals surface area (Å²) >= 11 is 0. The zero-order chi connectivity index (χ0) is 14.1. The maximum atomic E-state index is 12.1. The van der Waals surface area contributed by atoms with Crippen LogP contribution in [0.1, 0.15) is 47.8 Å². The van der Waals surface area contributed by atoms with Gasteiger partial charge in [-0.1, -0.05) is 12.8 Å². The van der Waals surface area contributed by atoms with E-state index in [0.717, 1.165) is 18.4 Å². The Balaban J connectivity index is 1.92. The summed E-state index contributed by atoms with van der Waals surface area (Å²) in [7, 11) is 3.09. The number of carbonyl (C=O) groups is 1. The molecular weight excluding hydrogens is 258 g/mol. The van der Waals surface area contributed by atoms with Gasteiger partial charge < -0.3 is 14.2 Å². The number of fused-ring (bicyclic) bond motifs is 1. The molecule has 0 bridgehead atoms. The van der Waals surface area contributed by atoms with Crippen LogP contribution >= 0.6 is 0 Å². The van der Waals surface area contributed by atoms with Crippen LogP contribution in [-0.4, -0.2) is 26.2 Å². The van der Waals surface area contributed by atoms with Crippen LogP contribution in [0.15, 0.2) is 12.1 Å². The molecule has 20 heavy (non-hydrogen) atoms. The Morgan fingerprint density at radius 3 is 2.60 bits per heavy atom. The second kappa shape index (κ2) is 5.32. The average molecular weight is 277 g/mol. The SMILES string of the molecule is COc1ccc2c(c1OC)C(=O)O[C@H]2NC1CCCC1. The van der Waals surface area contributed by atoms with Crippen LogP contribution < -0.4 is 14.8 Å². The van der Waals surface area contributed by atoms with Crippen molar-refractivity contribution in [1.82, 2.24) is 5.32 Å². The molecule has 1 saturated carbocycles. The number of nitrogens with one attached hydrogen (secondary N) is 1. The lowest BCUT2D eigenvalue weighted by Crippen LogP contribution is -2.30. The average Bonchev–Trinajstić information content (AvgIpc) is 3.07. The fraction of sp³-hybridized carbons (Fsp3) is 0.533. The molecule has 5 nitrogen and oxygen atoms in total. The van der Waals surface area contributed by atoms with Gasteiger partial charge in [-0.25, -0.2) is 4.79 Å². The van der Waals surface area contributed by atoms with Gasteiger partial charge in [0.15, 0.2) is 17.7 Å². The molecule has 108 valence electrons. The van der Waals surface area contributed by atoms with Gasteiger partial charge in [0.1, 0.15) is 5.56 Å². The van der Waals surface area contributed by atoms with E-state index in [1.54, 1.807) is 7.11 Å². The topological polar surface area (TPSA) is 56.8 Å². The van der Waals surface area contributed by atoms with E-state index in [2.05, 4.69) is 5.32 Å². The maximum absolute atomic E-state index is 12.1. The third kappa shape index (κ3) is 2.12. The number of carbonyl (C=O) groups excluding carboxylic acids is 1. The van der Waals surface area contributed by atoms with Gasteiger partial charge in [0.2, 0.25) is 0 Å². The molecule has 3 rings (SSSR count). The third-order valence-corrected chi connectivity index (χ3v) is 4.03. The first-order valence-corrected chi connectivity index (χ1v) is 6.96. The second-order valence-electron chi connectivity index (χ2n) is 5.20. The summed E-state index contributed by atoms with van der Waals surface area (Å²) < 4.78 is 16.0. The van der Waals surface area contributed by atoms with Crippen molar-refractivity contribution >= 4 is 5.97 Å². The first-order chi connectivity index (χ1) is 9.74. The molecule has 0 aromatic heterocycles. The number of hydrogen-bond donors (Lipinski definition) is 1. The Morgan fingerprint density at radius 1 is 1.20 bits per heavy atom. The van der Waals surface area contributed by atoms with Crippen LogP contribution in [-0.2, 0) is 4.74 Å². The standard InChI is InChI=1S/C15H19NO4/c1-18-11-8-7-10-12(13(11)19-2)15(17)20-14(10)16-9-5-3-4-6-9/h7-9,14,16H,3-6H2,1-2H3/t14-/m1/s1. The zero-order valence-corrected chi connectivity index (χ0v) is 11.8. The highest BCUT2D eigenvalue weighted by Crippen LogP contribution is 2.41. The molecule has 0 saturated heterocycles. The van der Waals surface area contributed by atoms with Crippen molar-refractivity contribution in [2.75, 3.05) is 14.2 Å². The molecule has 1 aromatic rings. The fourth-order valence-corrected chi connectivity index (χ4v) is 3.03. The first-order valence-electron chi connectivity index (χ1n) is 6.96. The quantitative estimate of drug-likeness (QED) is 0.856. The Labute approximate surface area is 118 Å². The number of rotatable bonds is 4. The number of cyclic esters (lactones) is 1. The Bertz CT molecular complexity index is 523. The fourth-order valence-electron chi connectivity index (χ4n) is 3.03. The lowest BCUT2D eigenvalue weighted by molar-refractivity contribution is 0.0277. The first kappa shape index (κ1) is 13.2. The second-order valence-corrected chi connectivity index (χ2v) is 5.20. The maximum Gasteiger partial charge on any atom is 0.344 e. The van der Waals surface area contributed by atoms with E-state index in [0.29, 0.717) is 23.1 Å². The molecule has 5 heteroatoms. The summed E-state index contributed by atoms with van der Waals surface area (Å²) in [5, 5.41) is 3.41. The highest BCUT2D eigenvalue weighted by molar-refractivity contribution is 5.98. The molecule has 0 radical (unpaired) electrons. The van der Waals surface area contributed by atoms with Gasteiger partial charge in [0.05, 0.1) is 14.2 Å². The summed E-state index contributed by atoms with van der Waals surface area (Å²) in [5.74, 6) is 0.640. The van der Waals surface area contributed by atoms with E-state index >= 15 is 0 Å². The molecule has 1 aromatic carbocycles. The van der Waals surface area contributed by atoms with Crippen LogP contribution in [0.2, 0.25) is 0 Å². The molecule has 0 spiro atoms. The molecule has 1 aliphatic carbocycles. The van der Waals surface area contributed by atoms with Crippen LogP contribution in [0.5, 0.6) is 11.5 Å². The van der Waals surface area contributed by atoms with Crippen molar-refractivity contribution in [1.29, 1.82) is 0 Å². The van der Waals surface area contributed by atoms with Gasteiger partial charge in [-0.3, -0.25) is 5.32 Å². The summed E-state index contributed by atoms with van der Waals surface area (Å²) in [6.45, 7) is 0. The van der Waals surface area contributed by atoms with Gasteiger partial charge in [0, 0.05) is 11.6 Å². The largest absolute Gasteiger partial charge is 0.493 e. The Morgan fingerprint density at radius 2 is 1.95 bits per heavy atom. The zero-order valence-electron chi connectivity index (χ0n) is 11.8. The molecule has 1 aliphatic heterocycles. The molecule has 0 amide bonds. The van der Waals surface area contributed by atoms with Crippen molar-refractivity contribution in [2.45, 2.75) is 38.0 Å². The highest BCUT2D eigenvalue weighted by atomic mass is 16.6. The van der Waals surface area contributed by atoms with Gasteiger partial charge >= 0.3 is 5.97 Å². The van der Waals surface area contributed by atoms with E-state index in [4.69, 9.17) is 14.2 Å². The van der Waals surface area contributed by atoms with E-state index in [-0.39, 0.29) is 12.2 Å². The molecule has 2 aliphatic rings. The number of ether oxygens (including phenoxy) is 3. The third-order valence-electron chi connectivity index (χ3n) is 4.03. The molecule has 1 fully saturated rings. The van der Waals surface area contributed by atoms with Crippen LogP contribution in [0.25, 0.3) is 0 Å². The minimum absolute atomic E-state index is 0.355. The van der Waals surface area contributed by atoms with Crippen molar-refractivity contribution in [3.8, 4) is 11.5 Å². The van der Waals surface area contributed by atoms with E-state index in [1.807, 2.05) is 12.1 Å². The lowest BCUT2D eigenvalue weighted by Gasteiger charge is -2.18. The molecular formula is C15H19NO4. The van der Waals surface area contributed by atoms with Gasteiger partial charge in [-0.05, 0) is 25.0 Å². The predicted molar refractivity (Wildman–Crippen MR) is 73.1 cm³/mol.